The van der Waals surface area contributed by atoms with E-state index in [-0.39, 0.29) is 23.4 Å². The van der Waals surface area contributed by atoms with Crippen LogP contribution in [-0.2, 0) is 31.7 Å². The Balaban J connectivity index is 2.26. The van der Waals surface area contributed by atoms with Gasteiger partial charge in [-0.1, -0.05) is 24.3 Å². The standard InChI is InChI=1S/C22H21F3N2O7/c1-2-34-19(29)12-17(14-5-9-16(10-6-14)27(32)33)20(21(30)31)26-18(28)11-13-3-7-15(8-4-13)22(23,24)25/h3-10,17,20H,2,11-12H2,1H3,(H,26,28)(H,30,31)/t17-,20-/m1/s1. The third kappa shape index (κ3) is 7.29. The lowest BCUT2D eigenvalue weighted by Gasteiger charge is -2.25. The highest BCUT2D eigenvalue weighted by Crippen LogP contribution is 2.29. The Hall–Kier alpha value is -3.96. The second kappa shape index (κ2) is 11.3. The molecule has 2 aromatic carbocycles. The molecule has 0 heterocycles. The minimum absolute atomic E-state index is 0.0316. The van der Waals surface area contributed by atoms with E-state index in [1.807, 2.05) is 0 Å². The van der Waals surface area contributed by atoms with E-state index in [1.165, 1.54) is 12.1 Å². The number of hydrogen-bond donors (Lipinski definition) is 2. The molecule has 0 aliphatic heterocycles. The van der Waals surface area contributed by atoms with Gasteiger partial charge in [-0.05, 0) is 30.2 Å². The number of carbonyl (C=O) groups excluding carboxylic acids is 2. The molecule has 1 amide bonds. The number of benzene rings is 2. The Morgan fingerprint density at radius 3 is 2.15 bits per heavy atom. The van der Waals surface area contributed by atoms with E-state index in [0.29, 0.717) is 0 Å². The van der Waals surface area contributed by atoms with Crippen molar-refractivity contribution < 1.29 is 42.3 Å². The lowest BCUT2D eigenvalue weighted by atomic mass is 9.88. The zero-order chi connectivity index (χ0) is 25.5. The number of halogens is 3. The van der Waals surface area contributed by atoms with Gasteiger partial charge in [-0.2, -0.15) is 13.2 Å². The van der Waals surface area contributed by atoms with Crippen molar-refractivity contribution in [1.82, 2.24) is 5.32 Å². The molecule has 0 spiro atoms. The number of non-ortho nitro benzene ring substituents is 1. The predicted molar refractivity (Wildman–Crippen MR) is 112 cm³/mol. The highest BCUT2D eigenvalue weighted by Gasteiger charge is 2.34. The van der Waals surface area contributed by atoms with Gasteiger partial charge >= 0.3 is 18.1 Å². The molecule has 0 saturated carbocycles. The Morgan fingerprint density at radius 1 is 1.09 bits per heavy atom. The molecule has 34 heavy (non-hydrogen) atoms. The molecule has 2 N–H and O–H groups in total. The maximum atomic E-state index is 12.7. The average Bonchev–Trinajstić information content (AvgIpc) is 2.76. The normalized spacial score (nSPS) is 12.9. The number of carbonyl (C=O) groups is 3. The van der Waals surface area contributed by atoms with Gasteiger partial charge in [-0.25, -0.2) is 4.79 Å². The van der Waals surface area contributed by atoms with E-state index in [1.54, 1.807) is 6.92 Å². The molecule has 9 nitrogen and oxygen atoms in total. The Bertz CT molecular complexity index is 1040. The molecule has 0 bridgehead atoms. The Labute approximate surface area is 191 Å². The van der Waals surface area contributed by atoms with Gasteiger partial charge in [-0.15, -0.1) is 0 Å². The van der Waals surface area contributed by atoms with E-state index < -0.39 is 59.3 Å². The number of nitro benzene ring substituents is 1. The second-order valence-corrected chi connectivity index (χ2v) is 7.22. The van der Waals surface area contributed by atoms with Gasteiger partial charge in [0.1, 0.15) is 6.04 Å². The van der Waals surface area contributed by atoms with Crippen LogP contribution < -0.4 is 5.32 Å². The van der Waals surface area contributed by atoms with Gasteiger partial charge in [0.2, 0.25) is 5.91 Å². The number of carboxylic acids is 1. The summed E-state index contributed by atoms with van der Waals surface area (Å²) >= 11 is 0. The summed E-state index contributed by atoms with van der Waals surface area (Å²) in [7, 11) is 0. The fourth-order valence-corrected chi connectivity index (χ4v) is 3.23. The van der Waals surface area contributed by atoms with Crippen molar-refractivity contribution in [2.24, 2.45) is 0 Å². The predicted octanol–water partition coefficient (Wildman–Crippen LogP) is 3.46. The van der Waals surface area contributed by atoms with Crippen LogP contribution >= 0.6 is 0 Å². The first kappa shape index (κ1) is 26.3. The third-order valence-electron chi connectivity index (χ3n) is 4.85. The average molecular weight is 482 g/mol. The van der Waals surface area contributed by atoms with E-state index in [9.17, 15) is 42.8 Å². The largest absolute Gasteiger partial charge is 0.480 e. The van der Waals surface area contributed by atoms with Gasteiger partial charge in [0.05, 0.1) is 29.9 Å². The Kier molecular flexibility index (Phi) is 8.70. The molecule has 0 radical (unpaired) electrons. The van der Waals surface area contributed by atoms with Crippen LogP contribution in [0.25, 0.3) is 0 Å². The maximum absolute atomic E-state index is 12.7. The summed E-state index contributed by atoms with van der Waals surface area (Å²) in [6.45, 7) is 1.59. The molecular weight excluding hydrogens is 461 g/mol. The molecule has 2 atom stereocenters. The van der Waals surface area contributed by atoms with Crippen molar-refractivity contribution in [1.29, 1.82) is 0 Å². The van der Waals surface area contributed by atoms with Crippen LogP contribution in [0.1, 0.15) is 36.0 Å². The second-order valence-electron chi connectivity index (χ2n) is 7.22. The van der Waals surface area contributed by atoms with E-state index in [4.69, 9.17) is 4.74 Å². The smallest absolute Gasteiger partial charge is 0.416 e. The minimum atomic E-state index is -4.54. The molecule has 0 aliphatic carbocycles. The lowest BCUT2D eigenvalue weighted by molar-refractivity contribution is -0.384. The lowest BCUT2D eigenvalue weighted by Crippen LogP contribution is -2.46. The molecular formula is C22H21F3N2O7. The number of amides is 1. The fraction of sp³-hybridized carbons (Fsp3) is 0.318. The zero-order valence-corrected chi connectivity index (χ0v) is 17.9. The highest BCUT2D eigenvalue weighted by atomic mass is 19.4. The monoisotopic (exact) mass is 482 g/mol. The van der Waals surface area contributed by atoms with Gasteiger partial charge in [0.25, 0.3) is 5.69 Å². The van der Waals surface area contributed by atoms with Crippen molar-refractivity contribution in [2.45, 2.75) is 37.9 Å². The summed E-state index contributed by atoms with van der Waals surface area (Å²) in [4.78, 5) is 46.8. The number of ether oxygens (including phenoxy) is 1. The van der Waals surface area contributed by atoms with Gasteiger partial charge in [0, 0.05) is 18.1 Å². The number of nitrogens with one attached hydrogen (secondary N) is 1. The van der Waals surface area contributed by atoms with Crippen LogP contribution in [0.5, 0.6) is 0 Å². The van der Waals surface area contributed by atoms with Crippen LogP contribution in [0.15, 0.2) is 48.5 Å². The first-order chi connectivity index (χ1) is 15.9. The van der Waals surface area contributed by atoms with E-state index in [2.05, 4.69) is 5.32 Å². The third-order valence-corrected chi connectivity index (χ3v) is 4.85. The van der Waals surface area contributed by atoms with Crippen molar-refractivity contribution in [3.05, 3.63) is 75.3 Å². The molecule has 2 aromatic rings. The van der Waals surface area contributed by atoms with Crippen molar-refractivity contribution in [2.75, 3.05) is 6.61 Å². The zero-order valence-electron chi connectivity index (χ0n) is 17.9. The molecule has 182 valence electrons. The highest BCUT2D eigenvalue weighted by molar-refractivity contribution is 5.86. The van der Waals surface area contributed by atoms with Crippen LogP contribution in [-0.4, -0.2) is 40.5 Å². The summed E-state index contributed by atoms with van der Waals surface area (Å²) in [5.74, 6) is -4.15. The topological polar surface area (TPSA) is 136 Å². The fourth-order valence-electron chi connectivity index (χ4n) is 3.23. The molecule has 2 rings (SSSR count). The quantitative estimate of drug-likeness (QED) is 0.301. The van der Waals surface area contributed by atoms with Crippen molar-refractivity contribution in [3.8, 4) is 0 Å². The molecule has 0 unspecified atom stereocenters. The number of nitrogens with zero attached hydrogens (tertiary/aromatic N) is 1. The van der Waals surface area contributed by atoms with Gasteiger partial charge in [0.15, 0.2) is 0 Å². The molecule has 0 aliphatic rings. The molecule has 0 aromatic heterocycles. The van der Waals surface area contributed by atoms with Crippen LogP contribution in [0.4, 0.5) is 18.9 Å². The summed E-state index contributed by atoms with van der Waals surface area (Å²) < 4.78 is 43.0. The first-order valence-corrected chi connectivity index (χ1v) is 10.0. The number of rotatable bonds is 10. The summed E-state index contributed by atoms with van der Waals surface area (Å²) in [6.07, 6.45) is -5.39. The molecule has 12 heteroatoms. The number of hydrogen-bond acceptors (Lipinski definition) is 6. The summed E-state index contributed by atoms with van der Waals surface area (Å²) in [6, 6.07) is 7.02. The number of carboxylic acid groups (broad SMARTS) is 1. The SMILES string of the molecule is CCOC(=O)C[C@H](c1ccc([N+](=O)[O-])cc1)[C@@H](NC(=O)Cc1ccc(C(F)(F)F)cc1)C(=O)O. The number of nitro groups is 1. The van der Waals surface area contributed by atoms with Gasteiger partial charge in [-0.3, -0.25) is 19.7 Å². The number of esters is 1. The van der Waals surface area contributed by atoms with E-state index in [0.717, 1.165) is 36.4 Å². The first-order valence-electron chi connectivity index (χ1n) is 10.0. The molecule has 0 saturated heterocycles. The van der Waals surface area contributed by atoms with Crippen LogP contribution in [0.2, 0.25) is 0 Å². The number of aliphatic carboxylic acids is 1. The minimum Gasteiger partial charge on any atom is -0.480 e. The maximum Gasteiger partial charge on any atom is 0.416 e. The summed E-state index contributed by atoms with van der Waals surface area (Å²) in [5.41, 5.74) is -0.697. The van der Waals surface area contributed by atoms with Crippen molar-refractivity contribution >= 4 is 23.5 Å². The van der Waals surface area contributed by atoms with E-state index >= 15 is 0 Å². The summed E-state index contributed by atoms with van der Waals surface area (Å²) in [5, 5.41) is 22.9. The Morgan fingerprint density at radius 2 is 1.68 bits per heavy atom. The van der Waals surface area contributed by atoms with Crippen LogP contribution in [0.3, 0.4) is 0 Å². The van der Waals surface area contributed by atoms with Crippen molar-refractivity contribution in [3.63, 3.8) is 0 Å². The van der Waals surface area contributed by atoms with Crippen LogP contribution in [0, 0.1) is 10.1 Å². The molecule has 0 fully saturated rings. The van der Waals surface area contributed by atoms with Gasteiger partial charge < -0.3 is 15.2 Å². The number of alkyl halides is 3.